The van der Waals surface area contributed by atoms with Crippen LogP contribution in [0.25, 0.3) is 0 Å². The molecule has 0 radical (unpaired) electrons. The summed E-state index contributed by atoms with van der Waals surface area (Å²) in [5.41, 5.74) is 0. The molecule has 0 saturated heterocycles. The third-order valence-corrected chi connectivity index (χ3v) is 3.43. The Kier molecular flexibility index (Phi) is 4.46. The maximum Gasteiger partial charge on any atom is 0.0183 e. The number of nitrogens with one attached hydrogen (secondary N) is 1. The van der Waals surface area contributed by atoms with Gasteiger partial charge in [0, 0.05) is 11.4 Å². The van der Waals surface area contributed by atoms with Crippen molar-refractivity contribution in [1.82, 2.24) is 5.32 Å². The zero-order chi connectivity index (χ0) is 8.10. The second kappa shape index (κ2) is 5.15. The quantitative estimate of drug-likeness (QED) is 0.718. The first-order chi connectivity index (χ1) is 5.33. The average Bonchev–Trinajstić information content (AvgIpc) is 2.52. The Morgan fingerprint density at radius 2 is 2.09 bits per heavy atom. The lowest BCUT2D eigenvalue weighted by Gasteiger charge is -2.14. The molecule has 0 aliphatic heterocycles. The van der Waals surface area contributed by atoms with Crippen molar-refractivity contribution < 1.29 is 0 Å². The largest absolute Gasteiger partial charge is 0.313 e. The van der Waals surface area contributed by atoms with Gasteiger partial charge in [0.15, 0.2) is 0 Å². The van der Waals surface area contributed by atoms with Crippen molar-refractivity contribution in [3.8, 4) is 0 Å². The molecule has 0 spiro atoms. The van der Waals surface area contributed by atoms with Gasteiger partial charge in [0.2, 0.25) is 0 Å². The van der Waals surface area contributed by atoms with Crippen molar-refractivity contribution in [2.24, 2.45) is 5.92 Å². The number of alkyl halides is 1. The van der Waals surface area contributed by atoms with Gasteiger partial charge in [-0.1, -0.05) is 28.8 Å². The normalized spacial score (nSPS) is 22.4. The van der Waals surface area contributed by atoms with Crippen LogP contribution in [0.1, 0.15) is 32.6 Å². The van der Waals surface area contributed by atoms with Gasteiger partial charge in [-0.05, 0) is 32.2 Å². The molecule has 0 aromatic rings. The Labute approximate surface area is 78.1 Å². The van der Waals surface area contributed by atoms with E-state index in [0.717, 1.165) is 11.2 Å². The predicted octanol–water partition coefficient (Wildman–Crippen LogP) is 2.55. The van der Waals surface area contributed by atoms with Crippen molar-refractivity contribution in [3.63, 3.8) is 0 Å². The van der Waals surface area contributed by atoms with Gasteiger partial charge in [-0.25, -0.2) is 0 Å². The Bertz CT molecular complexity index is 99.7. The zero-order valence-electron chi connectivity index (χ0n) is 7.28. The molecular weight excluding hydrogens is 202 g/mol. The average molecular weight is 220 g/mol. The number of rotatable bonds is 4. The molecule has 0 bridgehead atoms. The van der Waals surface area contributed by atoms with Crippen LogP contribution < -0.4 is 5.32 Å². The zero-order valence-corrected chi connectivity index (χ0v) is 8.86. The molecule has 1 unspecified atom stereocenters. The van der Waals surface area contributed by atoms with Gasteiger partial charge in [0.25, 0.3) is 0 Å². The molecule has 0 aromatic carbocycles. The molecular formula is C9H18BrN. The van der Waals surface area contributed by atoms with E-state index in [-0.39, 0.29) is 0 Å². The molecule has 0 amide bonds. The Morgan fingerprint density at radius 1 is 1.45 bits per heavy atom. The van der Waals surface area contributed by atoms with E-state index in [2.05, 4.69) is 28.2 Å². The van der Waals surface area contributed by atoms with E-state index in [0.29, 0.717) is 6.04 Å². The van der Waals surface area contributed by atoms with Gasteiger partial charge in [-0.2, -0.15) is 0 Å². The lowest BCUT2D eigenvalue weighted by molar-refractivity contribution is 0.462. The van der Waals surface area contributed by atoms with Gasteiger partial charge in [-0.15, -0.1) is 0 Å². The molecule has 11 heavy (non-hydrogen) atoms. The standard InChI is InChI=1S/C9H18BrN/c1-8(6-10)11-7-9-4-2-3-5-9/h8-9,11H,2-7H2,1H3. The Hall–Kier alpha value is 0.440. The van der Waals surface area contributed by atoms with E-state index in [1.165, 1.54) is 32.2 Å². The van der Waals surface area contributed by atoms with E-state index in [1.54, 1.807) is 0 Å². The highest BCUT2D eigenvalue weighted by Gasteiger charge is 2.14. The smallest absolute Gasteiger partial charge is 0.0183 e. The van der Waals surface area contributed by atoms with E-state index >= 15 is 0 Å². The number of halogens is 1. The van der Waals surface area contributed by atoms with E-state index in [4.69, 9.17) is 0 Å². The highest BCUT2D eigenvalue weighted by atomic mass is 79.9. The van der Waals surface area contributed by atoms with Crippen LogP contribution in [-0.2, 0) is 0 Å². The van der Waals surface area contributed by atoms with Gasteiger partial charge in [0.1, 0.15) is 0 Å². The predicted molar refractivity (Wildman–Crippen MR) is 53.2 cm³/mol. The molecule has 1 nitrogen and oxygen atoms in total. The third kappa shape index (κ3) is 3.57. The van der Waals surface area contributed by atoms with Crippen LogP contribution in [0, 0.1) is 5.92 Å². The fraction of sp³-hybridized carbons (Fsp3) is 1.00. The first-order valence-corrected chi connectivity index (χ1v) is 5.74. The molecule has 0 aromatic heterocycles. The SMILES string of the molecule is CC(CBr)NCC1CCCC1. The summed E-state index contributed by atoms with van der Waals surface area (Å²) < 4.78 is 0. The molecule has 2 heteroatoms. The van der Waals surface area contributed by atoms with Crippen molar-refractivity contribution in [3.05, 3.63) is 0 Å². The van der Waals surface area contributed by atoms with E-state index < -0.39 is 0 Å². The molecule has 1 N–H and O–H groups in total. The lowest BCUT2D eigenvalue weighted by Crippen LogP contribution is -2.31. The van der Waals surface area contributed by atoms with Gasteiger partial charge in [0.05, 0.1) is 0 Å². The van der Waals surface area contributed by atoms with Crippen LogP contribution in [-0.4, -0.2) is 17.9 Å². The van der Waals surface area contributed by atoms with E-state index in [9.17, 15) is 0 Å². The van der Waals surface area contributed by atoms with Crippen molar-refractivity contribution in [1.29, 1.82) is 0 Å². The summed E-state index contributed by atoms with van der Waals surface area (Å²) in [5.74, 6) is 0.969. The first kappa shape index (κ1) is 9.53. The minimum absolute atomic E-state index is 0.635. The minimum atomic E-state index is 0.635. The highest BCUT2D eigenvalue weighted by Crippen LogP contribution is 2.23. The van der Waals surface area contributed by atoms with Crippen LogP contribution in [0.2, 0.25) is 0 Å². The summed E-state index contributed by atoms with van der Waals surface area (Å²) in [6.07, 6.45) is 5.80. The maximum absolute atomic E-state index is 3.53. The van der Waals surface area contributed by atoms with Gasteiger partial charge < -0.3 is 5.32 Å². The van der Waals surface area contributed by atoms with Crippen LogP contribution in [0.4, 0.5) is 0 Å². The summed E-state index contributed by atoms with van der Waals surface area (Å²) >= 11 is 3.46. The topological polar surface area (TPSA) is 12.0 Å². The van der Waals surface area contributed by atoms with Crippen LogP contribution in [0.5, 0.6) is 0 Å². The Balaban J connectivity index is 2.01. The summed E-state index contributed by atoms with van der Waals surface area (Å²) in [5, 5.41) is 4.60. The third-order valence-electron chi connectivity index (χ3n) is 2.46. The molecule has 1 atom stereocenters. The number of hydrogen-bond donors (Lipinski definition) is 1. The van der Waals surface area contributed by atoms with Crippen molar-refractivity contribution >= 4 is 15.9 Å². The fourth-order valence-electron chi connectivity index (χ4n) is 1.64. The molecule has 66 valence electrons. The minimum Gasteiger partial charge on any atom is -0.313 e. The Morgan fingerprint density at radius 3 is 2.64 bits per heavy atom. The van der Waals surface area contributed by atoms with E-state index in [1.807, 2.05) is 0 Å². The highest BCUT2D eigenvalue weighted by molar-refractivity contribution is 9.09. The first-order valence-electron chi connectivity index (χ1n) is 4.62. The lowest BCUT2D eigenvalue weighted by atomic mass is 10.1. The summed E-state index contributed by atoms with van der Waals surface area (Å²) in [6.45, 7) is 3.45. The van der Waals surface area contributed by atoms with Gasteiger partial charge >= 0.3 is 0 Å². The van der Waals surface area contributed by atoms with Crippen molar-refractivity contribution in [2.75, 3.05) is 11.9 Å². The summed E-state index contributed by atoms with van der Waals surface area (Å²) in [6, 6.07) is 0.635. The second-order valence-electron chi connectivity index (χ2n) is 3.61. The monoisotopic (exact) mass is 219 g/mol. The van der Waals surface area contributed by atoms with Crippen LogP contribution in [0.3, 0.4) is 0 Å². The summed E-state index contributed by atoms with van der Waals surface area (Å²) in [7, 11) is 0. The van der Waals surface area contributed by atoms with Crippen LogP contribution >= 0.6 is 15.9 Å². The molecule has 1 rings (SSSR count). The molecule has 1 fully saturated rings. The van der Waals surface area contributed by atoms with Crippen molar-refractivity contribution in [2.45, 2.75) is 38.6 Å². The molecule has 1 saturated carbocycles. The molecule has 0 heterocycles. The fourth-order valence-corrected chi connectivity index (χ4v) is 1.87. The van der Waals surface area contributed by atoms with Crippen LogP contribution in [0.15, 0.2) is 0 Å². The maximum atomic E-state index is 3.53. The molecule has 1 aliphatic carbocycles. The summed E-state index contributed by atoms with van der Waals surface area (Å²) in [4.78, 5) is 0. The van der Waals surface area contributed by atoms with Gasteiger partial charge in [-0.3, -0.25) is 0 Å². The molecule has 1 aliphatic rings. The number of hydrogen-bond acceptors (Lipinski definition) is 1. The second-order valence-corrected chi connectivity index (χ2v) is 4.26.